The molecule has 0 saturated carbocycles. The third-order valence-electron chi connectivity index (χ3n) is 4.04. The van der Waals surface area contributed by atoms with E-state index in [1.807, 2.05) is 42.6 Å². The van der Waals surface area contributed by atoms with E-state index in [9.17, 15) is 0 Å². The second-order valence-electron chi connectivity index (χ2n) is 5.35. The van der Waals surface area contributed by atoms with Crippen molar-refractivity contribution in [3.05, 3.63) is 54.7 Å². The Morgan fingerprint density at radius 3 is 2.35 bits per heavy atom. The molecule has 0 amide bonds. The molecule has 2 aromatic carbocycles. The van der Waals surface area contributed by atoms with Crippen LogP contribution in [0.1, 0.15) is 0 Å². The Morgan fingerprint density at radius 1 is 0.870 bits per heavy atom. The molecule has 4 aromatic rings. The van der Waals surface area contributed by atoms with Crippen LogP contribution >= 0.6 is 0 Å². The number of rotatable bonds is 3. The van der Waals surface area contributed by atoms with Gasteiger partial charge in [0.25, 0.3) is 0 Å². The first-order valence-corrected chi connectivity index (χ1v) is 7.39. The molecule has 0 fully saturated rings. The predicted octanol–water partition coefficient (Wildman–Crippen LogP) is 4.40. The van der Waals surface area contributed by atoms with E-state index < -0.39 is 0 Å². The number of pyridine rings is 1. The van der Waals surface area contributed by atoms with Gasteiger partial charge < -0.3 is 14.5 Å². The molecular weight excluding hydrogens is 288 g/mol. The summed E-state index contributed by atoms with van der Waals surface area (Å²) in [6.07, 6.45) is 1.94. The fourth-order valence-electron chi connectivity index (χ4n) is 2.92. The monoisotopic (exact) mass is 304 g/mol. The average molecular weight is 304 g/mol. The fourth-order valence-corrected chi connectivity index (χ4v) is 2.92. The van der Waals surface area contributed by atoms with Crippen molar-refractivity contribution >= 4 is 21.8 Å². The lowest BCUT2D eigenvalue weighted by Gasteiger charge is -2.10. The van der Waals surface area contributed by atoms with Crippen molar-refractivity contribution in [3.8, 4) is 22.8 Å². The van der Waals surface area contributed by atoms with Crippen molar-refractivity contribution in [1.29, 1.82) is 0 Å². The van der Waals surface area contributed by atoms with Gasteiger partial charge in [0, 0.05) is 28.6 Å². The maximum absolute atomic E-state index is 5.38. The van der Waals surface area contributed by atoms with Crippen LogP contribution < -0.4 is 9.47 Å². The first kappa shape index (κ1) is 13.6. The van der Waals surface area contributed by atoms with E-state index >= 15 is 0 Å². The largest absolute Gasteiger partial charge is 0.497 e. The van der Waals surface area contributed by atoms with Gasteiger partial charge in [-0.15, -0.1) is 0 Å². The van der Waals surface area contributed by atoms with Crippen molar-refractivity contribution in [2.45, 2.75) is 0 Å². The number of aromatic nitrogens is 2. The summed E-state index contributed by atoms with van der Waals surface area (Å²) in [5.41, 5.74) is 3.83. The second kappa shape index (κ2) is 5.32. The Labute approximate surface area is 133 Å². The Hall–Kier alpha value is -3.01. The molecule has 4 heteroatoms. The third kappa shape index (κ3) is 2.19. The van der Waals surface area contributed by atoms with Gasteiger partial charge in [-0.2, -0.15) is 0 Å². The van der Waals surface area contributed by atoms with Crippen LogP contribution in [-0.4, -0.2) is 24.2 Å². The van der Waals surface area contributed by atoms with Crippen molar-refractivity contribution < 1.29 is 9.47 Å². The van der Waals surface area contributed by atoms with Crippen LogP contribution in [0, 0.1) is 0 Å². The molecule has 0 spiro atoms. The predicted molar refractivity (Wildman–Crippen MR) is 92.1 cm³/mol. The molecule has 23 heavy (non-hydrogen) atoms. The first-order valence-electron chi connectivity index (χ1n) is 7.39. The summed E-state index contributed by atoms with van der Waals surface area (Å²) in [6.45, 7) is 0. The van der Waals surface area contributed by atoms with Crippen LogP contribution in [0.5, 0.6) is 11.5 Å². The first-order chi connectivity index (χ1) is 11.3. The van der Waals surface area contributed by atoms with Gasteiger partial charge in [-0.3, -0.25) is 0 Å². The summed E-state index contributed by atoms with van der Waals surface area (Å²) in [5.74, 6) is 1.49. The lowest BCUT2D eigenvalue weighted by Crippen LogP contribution is -1.92. The van der Waals surface area contributed by atoms with E-state index in [-0.39, 0.29) is 0 Å². The summed E-state index contributed by atoms with van der Waals surface area (Å²) in [6, 6.07) is 16.0. The molecule has 0 aliphatic heterocycles. The smallest absolute Gasteiger partial charge is 0.123 e. The van der Waals surface area contributed by atoms with Crippen LogP contribution in [0.2, 0.25) is 0 Å². The highest BCUT2D eigenvalue weighted by Crippen LogP contribution is 2.35. The van der Waals surface area contributed by atoms with E-state index in [1.165, 1.54) is 0 Å². The molecule has 0 radical (unpaired) electrons. The zero-order chi connectivity index (χ0) is 15.8. The van der Waals surface area contributed by atoms with E-state index in [4.69, 9.17) is 14.5 Å². The van der Waals surface area contributed by atoms with Gasteiger partial charge in [0.2, 0.25) is 0 Å². The topological polar surface area (TPSA) is 47.1 Å². The fraction of sp³-hybridized carbons (Fsp3) is 0.105. The lowest BCUT2D eigenvalue weighted by molar-refractivity contribution is 0.394. The van der Waals surface area contributed by atoms with Gasteiger partial charge in [0.05, 0.1) is 30.9 Å². The number of nitrogens with one attached hydrogen (secondary N) is 1. The molecule has 1 N–H and O–H groups in total. The summed E-state index contributed by atoms with van der Waals surface area (Å²) in [5, 5.41) is 2.30. The molecular formula is C19H16N2O2. The summed E-state index contributed by atoms with van der Waals surface area (Å²) in [7, 11) is 3.30. The van der Waals surface area contributed by atoms with Crippen LogP contribution in [0.4, 0.5) is 0 Å². The number of ether oxygens (including phenoxy) is 2. The molecule has 0 bridgehead atoms. The molecule has 2 heterocycles. The number of H-pyrrole nitrogens is 1. The van der Waals surface area contributed by atoms with Gasteiger partial charge in [0.15, 0.2) is 0 Å². The summed E-state index contributed by atoms with van der Waals surface area (Å²) < 4.78 is 10.8. The Bertz CT molecular complexity index is 983. The quantitative estimate of drug-likeness (QED) is 0.610. The number of aromatic amines is 1. The maximum atomic E-state index is 5.38. The number of hydrogen-bond donors (Lipinski definition) is 1. The SMILES string of the molecule is COc1cc(OC)cc(-c2nc3ccccc3c3cc[nH]c23)c1. The number of fused-ring (bicyclic) bond motifs is 3. The van der Waals surface area contributed by atoms with Crippen LogP contribution in [0.3, 0.4) is 0 Å². The van der Waals surface area contributed by atoms with Crippen LogP contribution in [0.15, 0.2) is 54.7 Å². The number of hydrogen-bond acceptors (Lipinski definition) is 3. The molecule has 4 nitrogen and oxygen atoms in total. The zero-order valence-corrected chi connectivity index (χ0v) is 13.0. The standard InChI is InChI=1S/C19H16N2O2/c1-22-13-9-12(10-14(11-13)23-2)18-19-16(7-8-20-19)15-5-3-4-6-17(15)21-18/h3-11,20H,1-2H3. The molecule has 0 atom stereocenters. The minimum absolute atomic E-state index is 0.744. The van der Waals surface area contributed by atoms with Crippen LogP contribution in [-0.2, 0) is 0 Å². The normalized spacial score (nSPS) is 11.0. The highest BCUT2D eigenvalue weighted by Gasteiger charge is 2.13. The number of nitrogens with zero attached hydrogens (tertiary/aromatic N) is 1. The molecule has 2 aromatic heterocycles. The molecule has 0 unspecified atom stereocenters. The van der Waals surface area contributed by atoms with Crippen molar-refractivity contribution in [3.63, 3.8) is 0 Å². The van der Waals surface area contributed by atoms with Crippen molar-refractivity contribution in [2.24, 2.45) is 0 Å². The van der Waals surface area contributed by atoms with Gasteiger partial charge in [-0.25, -0.2) is 4.98 Å². The van der Waals surface area contributed by atoms with E-state index in [2.05, 4.69) is 17.1 Å². The van der Waals surface area contributed by atoms with E-state index in [0.717, 1.165) is 44.6 Å². The van der Waals surface area contributed by atoms with Gasteiger partial charge in [-0.05, 0) is 24.3 Å². The van der Waals surface area contributed by atoms with Gasteiger partial charge >= 0.3 is 0 Å². The third-order valence-corrected chi connectivity index (χ3v) is 4.04. The van der Waals surface area contributed by atoms with Crippen molar-refractivity contribution in [1.82, 2.24) is 9.97 Å². The second-order valence-corrected chi connectivity index (χ2v) is 5.35. The molecule has 0 aliphatic rings. The van der Waals surface area contributed by atoms with E-state index in [0.29, 0.717) is 0 Å². The van der Waals surface area contributed by atoms with Gasteiger partial charge in [-0.1, -0.05) is 18.2 Å². The molecule has 114 valence electrons. The molecule has 0 saturated heterocycles. The molecule has 0 aliphatic carbocycles. The Balaban J connectivity index is 2.06. The summed E-state index contributed by atoms with van der Waals surface area (Å²) >= 11 is 0. The average Bonchev–Trinajstić information content (AvgIpc) is 3.10. The lowest BCUT2D eigenvalue weighted by atomic mass is 10.0. The summed E-state index contributed by atoms with van der Waals surface area (Å²) in [4.78, 5) is 8.16. The number of methoxy groups -OCH3 is 2. The zero-order valence-electron chi connectivity index (χ0n) is 13.0. The molecule has 4 rings (SSSR count). The Morgan fingerprint density at radius 2 is 1.61 bits per heavy atom. The van der Waals surface area contributed by atoms with Crippen molar-refractivity contribution in [2.75, 3.05) is 14.2 Å². The van der Waals surface area contributed by atoms with Crippen LogP contribution in [0.25, 0.3) is 33.1 Å². The highest BCUT2D eigenvalue weighted by atomic mass is 16.5. The number of para-hydroxylation sites is 1. The minimum Gasteiger partial charge on any atom is -0.497 e. The highest BCUT2D eigenvalue weighted by molar-refractivity contribution is 6.09. The number of benzene rings is 2. The maximum Gasteiger partial charge on any atom is 0.123 e. The van der Waals surface area contributed by atoms with E-state index in [1.54, 1.807) is 14.2 Å². The van der Waals surface area contributed by atoms with Gasteiger partial charge in [0.1, 0.15) is 11.5 Å². The Kier molecular flexibility index (Phi) is 3.15. The minimum atomic E-state index is 0.744.